The number of hydrogen-bond donors (Lipinski definition) is 3. The largest absolute Gasteiger partial charge is 0.339 e. The zero-order valence-electron chi connectivity index (χ0n) is 12.9. The van der Waals surface area contributed by atoms with Crippen LogP contribution in [0.4, 0.5) is 5.69 Å². The second kappa shape index (κ2) is 9.44. The molecule has 0 bridgehead atoms. The summed E-state index contributed by atoms with van der Waals surface area (Å²) >= 11 is 32.3. The molecule has 0 saturated heterocycles. The number of carbonyl (C=O) groups is 1. The first-order valence-electron chi connectivity index (χ1n) is 7.12. The Morgan fingerprint density at radius 2 is 1.65 bits per heavy atom. The van der Waals surface area contributed by atoms with Crippen LogP contribution in [0.15, 0.2) is 53.0 Å². The van der Waals surface area contributed by atoms with Gasteiger partial charge in [-0.15, -0.1) is 0 Å². The van der Waals surface area contributed by atoms with E-state index in [1.54, 1.807) is 48.5 Å². The van der Waals surface area contributed by atoms with E-state index in [9.17, 15) is 4.79 Å². The summed E-state index contributed by atoms with van der Waals surface area (Å²) in [7, 11) is 0. The van der Waals surface area contributed by atoms with Gasteiger partial charge in [-0.05, 0) is 64.5 Å². The lowest BCUT2D eigenvalue weighted by atomic mass is 10.2. The van der Waals surface area contributed by atoms with E-state index >= 15 is 0 Å². The SMILES string of the molecule is O=C(N[C@H](NC(=S)Nc1ccc(Cl)cc1)C(Cl)(Cl)Cl)c1ccccc1Br. The highest BCUT2D eigenvalue weighted by molar-refractivity contribution is 9.10. The Kier molecular flexibility index (Phi) is 7.82. The number of nitrogens with one attached hydrogen (secondary N) is 3. The van der Waals surface area contributed by atoms with Crippen molar-refractivity contribution in [2.45, 2.75) is 9.96 Å². The lowest BCUT2D eigenvalue weighted by molar-refractivity contribution is 0.0934. The maximum atomic E-state index is 12.5. The monoisotopic (exact) mass is 513 g/mol. The number of carbonyl (C=O) groups excluding carboxylic acids is 1. The Labute approximate surface area is 184 Å². The molecule has 0 saturated carbocycles. The van der Waals surface area contributed by atoms with Crippen LogP contribution in [-0.2, 0) is 0 Å². The van der Waals surface area contributed by atoms with E-state index in [-0.39, 0.29) is 5.11 Å². The highest BCUT2D eigenvalue weighted by Crippen LogP contribution is 2.29. The van der Waals surface area contributed by atoms with Crippen molar-refractivity contribution in [3.05, 3.63) is 63.6 Å². The summed E-state index contributed by atoms with van der Waals surface area (Å²) in [6.45, 7) is 0. The molecule has 0 radical (unpaired) electrons. The minimum Gasteiger partial charge on any atom is -0.339 e. The molecule has 2 rings (SSSR count). The Morgan fingerprint density at radius 1 is 1.04 bits per heavy atom. The molecule has 3 N–H and O–H groups in total. The van der Waals surface area contributed by atoms with Crippen LogP contribution in [-0.4, -0.2) is 21.0 Å². The van der Waals surface area contributed by atoms with E-state index in [4.69, 9.17) is 58.6 Å². The van der Waals surface area contributed by atoms with E-state index in [2.05, 4.69) is 31.9 Å². The first-order chi connectivity index (χ1) is 12.2. The number of benzene rings is 2. The molecule has 4 nitrogen and oxygen atoms in total. The van der Waals surface area contributed by atoms with Gasteiger partial charge in [0.25, 0.3) is 5.91 Å². The number of amides is 1. The summed E-state index contributed by atoms with van der Waals surface area (Å²) in [6, 6.07) is 13.8. The molecule has 0 aliphatic carbocycles. The lowest BCUT2D eigenvalue weighted by Gasteiger charge is -2.28. The number of hydrogen-bond acceptors (Lipinski definition) is 2. The predicted molar refractivity (Wildman–Crippen MR) is 116 cm³/mol. The molecule has 26 heavy (non-hydrogen) atoms. The number of rotatable bonds is 4. The standard InChI is InChI=1S/C16H12BrCl4N3OS/c17-12-4-2-1-3-11(12)13(25)23-14(16(19,20)21)24-15(26)22-10-7-5-9(18)6-8-10/h1-8,14H,(H,23,25)(H2,22,24,26)/t14-/m1/s1. The minimum atomic E-state index is -1.84. The third-order valence-corrected chi connectivity index (χ3v) is 4.92. The van der Waals surface area contributed by atoms with Crippen LogP contribution in [0, 0.1) is 0 Å². The Hall–Kier alpha value is -0.760. The molecular weight excluding hydrogens is 504 g/mol. The third kappa shape index (κ3) is 6.44. The quantitative estimate of drug-likeness (QED) is 0.285. The highest BCUT2D eigenvalue weighted by Gasteiger charge is 2.35. The molecule has 0 fully saturated rings. The van der Waals surface area contributed by atoms with Crippen LogP contribution in [0.2, 0.25) is 5.02 Å². The van der Waals surface area contributed by atoms with Gasteiger partial charge in [0.05, 0.1) is 5.56 Å². The summed E-state index contributed by atoms with van der Waals surface area (Å²) < 4.78 is -1.23. The molecule has 1 atom stereocenters. The van der Waals surface area contributed by atoms with Crippen molar-refractivity contribution in [3.8, 4) is 0 Å². The van der Waals surface area contributed by atoms with E-state index in [0.29, 0.717) is 20.7 Å². The van der Waals surface area contributed by atoms with Crippen molar-refractivity contribution < 1.29 is 4.79 Å². The van der Waals surface area contributed by atoms with E-state index in [1.165, 1.54) is 0 Å². The van der Waals surface area contributed by atoms with E-state index in [0.717, 1.165) is 0 Å². The average Bonchev–Trinajstić information content (AvgIpc) is 2.56. The smallest absolute Gasteiger partial charge is 0.254 e. The molecule has 0 heterocycles. The molecule has 0 aliphatic heterocycles. The van der Waals surface area contributed by atoms with Gasteiger partial charge < -0.3 is 16.0 Å². The minimum absolute atomic E-state index is 0.163. The van der Waals surface area contributed by atoms with Crippen LogP contribution in [0.3, 0.4) is 0 Å². The molecule has 138 valence electrons. The lowest BCUT2D eigenvalue weighted by Crippen LogP contribution is -2.56. The van der Waals surface area contributed by atoms with Crippen molar-refractivity contribution in [3.63, 3.8) is 0 Å². The van der Waals surface area contributed by atoms with Gasteiger partial charge in [-0.25, -0.2) is 0 Å². The topological polar surface area (TPSA) is 53.2 Å². The summed E-state index contributed by atoms with van der Waals surface area (Å²) in [6.07, 6.45) is -1.07. The van der Waals surface area contributed by atoms with Crippen molar-refractivity contribution in [2.75, 3.05) is 5.32 Å². The summed E-state index contributed by atoms with van der Waals surface area (Å²) in [5, 5.41) is 9.08. The fraction of sp³-hybridized carbons (Fsp3) is 0.125. The number of anilines is 1. The zero-order chi connectivity index (χ0) is 19.3. The van der Waals surface area contributed by atoms with Gasteiger partial charge in [-0.2, -0.15) is 0 Å². The highest BCUT2D eigenvalue weighted by atomic mass is 79.9. The Morgan fingerprint density at radius 3 is 2.23 bits per heavy atom. The van der Waals surface area contributed by atoms with Gasteiger partial charge in [0.15, 0.2) is 5.11 Å². The second-order valence-electron chi connectivity index (χ2n) is 5.03. The van der Waals surface area contributed by atoms with Crippen LogP contribution in [0.1, 0.15) is 10.4 Å². The molecular formula is C16H12BrCl4N3OS. The van der Waals surface area contributed by atoms with Crippen molar-refractivity contribution in [1.29, 1.82) is 0 Å². The fourth-order valence-corrected chi connectivity index (χ4v) is 3.04. The third-order valence-electron chi connectivity index (χ3n) is 3.10. The number of thiocarbonyl (C=S) groups is 1. The molecule has 10 heteroatoms. The van der Waals surface area contributed by atoms with Crippen LogP contribution >= 0.6 is 74.6 Å². The second-order valence-corrected chi connectivity index (χ2v) is 9.10. The predicted octanol–water partition coefficient (Wildman–Crippen LogP) is 5.52. The molecule has 0 spiro atoms. The molecule has 0 unspecified atom stereocenters. The van der Waals surface area contributed by atoms with Gasteiger partial charge in [0.2, 0.25) is 3.79 Å². The average molecular weight is 516 g/mol. The molecule has 2 aromatic rings. The number of alkyl halides is 3. The maximum Gasteiger partial charge on any atom is 0.254 e. The van der Waals surface area contributed by atoms with Crippen molar-refractivity contribution in [1.82, 2.24) is 10.6 Å². The van der Waals surface area contributed by atoms with E-state index < -0.39 is 15.9 Å². The van der Waals surface area contributed by atoms with Crippen LogP contribution in [0.25, 0.3) is 0 Å². The van der Waals surface area contributed by atoms with Crippen molar-refractivity contribution in [2.24, 2.45) is 0 Å². The maximum absolute atomic E-state index is 12.5. The van der Waals surface area contributed by atoms with Gasteiger partial charge in [0, 0.05) is 15.2 Å². The normalized spacial score (nSPS) is 12.2. The Balaban J connectivity index is 2.07. The molecule has 0 aliphatic rings. The summed E-state index contributed by atoms with van der Waals surface area (Å²) in [5.74, 6) is -0.435. The van der Waals surface area contributed by atoms with Gasteiger partial charge >= 0.3 is 0 Å². The number of halogens is 5. The van der Waals surface area contributed by atoms with Gasteiger partial charge in [-0.1, -0.05) is 58.5 Å². The zero-order valence-corrected chi connectivity index (χ0v) is 18.3. The first kappa shape index (κ1) is 21.5. The van der Waals surface area contributed by atoms with Crippen LogP contribution < -0.4 is 16.0 Å². The van der Waals surface area contributed by atoms with Crippen molar-refractivity contribution >= 4 is 91.3 Å². The summed E-state index contributed by atoms with van der Waals surface area (Å²) in [4.78, 5) is 12.5. The Bertz CT molecular complexity index is 799. The first-order valence-corrected chi connectivity index (χ1v) is 9.83. The molecule has 1 amide bonds. The van der Waals surface area contributed by atoms with Crippen LogP contribution in [0.5, 0.6) is 0 Å². The van der Waals surface area contributed by atoms with E-state index in [1.807, 2.05) is 0 Å². The summed E-state index contributed by atoms with van der Waals surface area (Å²) in [5.41, 5.74) is 1.08. The van der Waals surface area contributed by atoms with Gasteiger partial charge in [-0.3, -0.25) is 4.79 Å². The molecule has 0 aromatic heterocycles. The molecule has 2 aromatic carbocycles. The van der Waals surface area contributed by atoms with Gasteiger partial charge in [0.1, 0.15) is 6.17 Å². The fourth-order valence-electron chi connectivity index (χ4n) is 1.89.